The first-order chi connectivity index (χ1) is 18.5. The van der Waals surface area contributed by atoms with E-state index < -0.39 is 23.9 Å². The smallest absolute Gasteiger partial charge is 0.204 e. The van der Waals surface area contributed by atoms with Gasteiger partial charge in [0.15, 0.2) is 0 Å². The maximum absolute atomic E-state index is 9.19. The second-order valence-electron chi connectivity index (χ2n) is 8.51. The van der Waals surface area contributed by atoms with E-state index >= 15 is 0 Å². The van der Waals surface area contributed by atoms with Gasteiger partial charge in [0.25, 0.3) is 0 Å². The molecule has 1 atom stereocenters. The van der Waals surface area contributed by atoms with Crippen molar-refractivity contribution in [3.05, 3.63) is 47.9 Å². The Balaban J connectivity index is 0.000000374. The number of benzene rings is 1. The van der Waals surface area contributed by atoms with Gasteiger partial charge in [-0.2, -0.15) is 0 Å². The molecule has 1 unspecified atom stereocenters. The van der Waals surface area contributed by atoms with Gasteiger partial charge in [0.2, 0.25) is 5.95 Å². The van der Waals surface area contributed by atoms with E-state index in [0.29, 0.717) is 12.6 Å². The largest absolute Gasteiger partial charge is 0.543 e. The first-order valence-electron chi connectivity index (χ1n) is 12.0. The highest BCUT2D eigenvalue weighted by atomic mass is 16.4. The summed E-state index contributed by atoms with van der Waals surface area (Å²) in [7, 11) is 0. The van der Waals surface area contributed by atoms with Crippen LogP contribution in [0, 0.1) is 6.92 Å². The number of rotatable bonds is 6. The van der Waals surface area contributed by atoms with Crippen LogP contribution in [0.25, 0.3) is 11.0 Å². The number of furan rings is 1. The summed E-state index contributed by atoms with van der Waals surface area (Å²) in [6.45, 7) is 5.70. The number of aliphatic hydroxyl groups excluding tert-OH is 1. The van der Waals surface area contributed by atoms with Gasteiger partial charge in [-0.05, 0) is 57.0 Å². The van der Waals surface area contributed by atoms with Gasteiger partial charge in [-0.25, -0.2) is 4.98 Å². The number of imidazole rings is 1. The molecule has 2 aromatic heterocycles. The van der Waals surface area contributed by atoms with E-state index in [4.69, 9.17) is 49.0 Å². The zero-order chi connectivity index (χ0) is 28.9. The Morgan fingerprint density at radius 1 is 0.974 bits per heavy atom. The molecule has 39 heavy (non-hydrogen) atoms. The Kier molecular flexibility index (Phi) is 11.9. The molecule has 0 aliphatic carbocycles. The minimum atomic E-state index is -2.19. The van der Waals surface area contributed by atoms with Crippen molar-refractivity contribution in [1.82, 2.24) is 14.5 Å². The molecule has 0 saturated carbocycles. The first kappa shape index (κ1) is 30.8. The first-order valence-corrected chi connectivity index (χ1v) is 12.0. The SMILES string of the molecule is Cc1ccc(Cn2c(NC3CCCN(CCO)CC3)nc3ccccc32)o1.O=C([O-])C(=O)[O-].O=C([O-])C(=O)[O-]. The van der Waals surface area contributed by atoms with E-state index in [2.05, 4.69) is 33.0 Å². The number of para-hydroxylation sites is 2. The Morgan fingerprint density at radius 2 is 1.62 bits per heavy atom. The number of anilines is 1. The minimum absolute atomic E-state index is 0.233. The van der Waals surface area contributed by atoms with Gasteiger partial charge in [0, 0.05) is 19.1 Å². The highest BCUT2D eigenvalue weighted by molar-refractivity contribution is 6.25. The molecule has 1 fully saturated rings. The fraction of sp³-hybridized carbons (Fsp3) is 0.400. The number of aliphatic carboxylic acids is 4. The zero-order valence-corrected chi connectivity index (χ0v) is 21.2. The minimum Gasteiger partial charge on any atom is -0.543 e. The molecule has 3 heterocycles. The fourth-order valence-corrected chi connectivity index (χ4v) is 3.92. The van der Waals surface area contributed by atoms with Crippen LogP contribution in [0.15, 0.2) is 40.8 Å². The van der Waals surface area contributed by atoms with Gasteiger partial charge in [0.1, 0.15) is 11.5 Å². The summed E-state index contributed by atoms with van der Waals surface area (Å²) < 4.78 is 8.02. The molecule has 0 spiro atoms. The van der Waals surface area contributed by atoms with Crippen molar-refractivity contribution in [2.45, 2.75) is 38.8 Å². The summed E-state index contributed by atoms with van der Waals surface area (Å²) in [4.78, 5) is 42.9. The number of carboxylic acid groups (broad SMARTS) is 4. The molecule has 2 N–H and O–H groups in total. The van der Waals surface area contributed by atoms with Crippen LogP contribution in [0.5, 0.6) is 0 Å². The third-order valence-electron chi connectivity index (χ3n) is 5.67. The van der Waals surface area contributed by atoms with Crippen molar-refractivity contribution in [3.63, 3.8) is 0 Å². The summed E-state index contributed by atoms with van der Waals surface area (Å²) in [6, 6.07) is 12.7. The van der Waals surface area contributed by atoms with Crippen molar-refractivity contribution in [2.75, 3.05) is 31.6 Å². The summed E-state index contributed by atoms with van der Waals surface area (Å²) in [5.74, 6) is -5.97. The number of fused-ring (bicyclic) bond motifs is 1. The van der Waals surface area contributed by atoms with Crippen molar-refractivity contribution in [1.29, 1.82) is 0 Å². The number of aliphatic hydroxyl groups is 1. The molecule has 14 nitrogen and oxygen atoms in total. The van der Waals surface area contributed by atoms with E-state index in [1.165, 1.54) is 0 Å². The van der Waals surface area contributed by atoms with Crippen LogP contribution < -0.4 is 25.7 Å². The standard InChI is InChI=1S/C21H28N4O2.2C2H2O4/c1-16-8-9-18(27-16)15-25-20-7-3-2-6-19(20)23-21(25)22-17-5-4-11-24(12-10-17)13-14-26;2*3-1(4)2(5)6/h2-3,6-9,17,26H,4-5,10-15H2,1H3,(H,22,23);2*(H,3,4)(H,5,6)/p-4. The normalized spacial score (nSPS) is 15.2. The molecule has 1 aromatic carbocycles. The number of β-amino-alcohol motifs (C(OH)–C–C–N with tert-alkyl or cyclic N) is 1. The highest BCUT2D eigenvalue weighted by Gasteiger charge is 2.20. The lowest BCUT2D eigenvalue weighted by Crippen LogP contribution is -2.42. The molecule has 3 aromatic rings. The summed E-state index contributed by atoms with van der Waals surface area (Å²) in [5.41, 5.74) is 2.11. The maximum Gasteiger partial charge on any atom is 0.204 e. The summed E-state index contributed by atoms with van der Waals surface area (Å²) in [6.07, 6.45) is 3.31. The van der Waals surface area contributed by atoms with Gasteiger partial charge in [0.05, 0.1) is 48.1 Å². The number of aromatic nitrogens is 2. The van der Waals surface area contributed by atoms with E-state index in [0.717, 1.165) is 67.4 Å². The molecule has 212 valence electrons. The van der Waals surface area contributed by atoms with Crippen molar-refractivity contribution < 1.29 is 49.1 Å². The number of hydrogen-bond acceptors (Lipinski definition) is 13. The van der Waals surface area contributed by atoms with E-state index in [1.54, 1.807) is 0 Å². The predicted octanol–water partition coefficient (Wildman–Crippen LogP) is -3.78. The van der Waals surface area contributed by atoms with Crippen molar-refractivity contribution >= 4 is 40.9 Å². The predicted molar refractivity (Wildman–Crippen MR) is 127 cm³/mol. The average molecular weight is 545 g/mol. The number of likely N-dealkylation sites (tertiary alicyclic amines) is 1. The second kappa shape index (κ2) is 15.1. The van der Waals surface area contributed by atoms with Crippen molar-refractivity contribution in [2.24, 2.45) is 0 Å². The van der Waals surface area contributed by atoms with E-state index in [-0.39, 0.29) is 6.61 Å². The van der Waals surface area contributed by atoms with Gasteiger partial charge < -0.3 is 63.9 Å². The molecule has 0 amide bonds. The number of nitrogens with zero attached hydrogens (tertiary/aromatic N) is 3. The van der Waals surface area contributed by atoms with Gasteiger partial charge >= 0.3 is 0 Å². The molecule has 14 heteroatoms. The maximum atomic E-state index is 9.19. The fourth-order valence-electron chi connectivity index (χ4n) is 3.92. The topological polar surface area (TPSA) is 227 Å². The molecule has 1 aliphatic rings. The molecule has 0 bridgehead atoms. The number of nitrogens with one attached hydrogen (secondary N) is 1. The third-order valence-corrected chi connectivity index (χ3v) is 5.67. The lowest BCUT2D eigenvalue weighted by Gasteiger charge is -2.20. The lowest BCUT2D eigenvalue weighted by atomic mass is 10.1. The molecule has 1 saturated heterocycles. The van der Waals surface area contributed by atoms with Crippen LogP contribution in [-0.2, 0) is 25.7 Å². The van der Waals surface area contributed by atoms with E-state index in [1.807, 2.05) is 25.1 Å². The summed E-state index contributed by atoms with van der Waals surface area (Å²) >= 11 is 0. The zero-order valence-electron chi connectivity index (χ0n) is 21.2. The summed E-state index contributed by atoms with van der Waals surface area (Å²) in [5, 5.41) is 48.6. The van der Waals surface area contributed by atoms with Gasteiger partial charge in [-0.15, -0.1) is 0 Å². The van der Waals surface area contributed by atoms with Crippen LogP contribution in [0.1, 0.15) is 30.8 Å². The monoisotopic (exact) mass is 544 g/mol. The number of carbonyl (C=O) groups is 4. The number of hydrogen-bond donors (Lipinski definition) is 2. The van der Waals surface area contributed by atoms with Crippen molar-refractivity contribution in [3.8, 4) is 0 Å². The average Bonchev–Trinajstić information content (AvgIpc) is 3.37. The lowest BCUT2D eigenvalue weighted by molar-refractivity contribution is -0.345. The van der Waals surface area contributed by atoms with Gasteiger partial charge in [-0.3, -0.25) is 0 Å². The number of carbonyl (C=O) groups excluding carboxylic acids is 4. The van der Waals surface area contributed by atoms with Gasteiger partial charge in [-0.1, -0.05) is 12.1 Å². The Bertz CT molecular complexity index is 1220. The Hall–Kier alpha value is -4.43. The number of carboxylic acids is 4. The Labute approximate surface area is 223 Å². The molecule has 4 rings (SSSR count). The molecule has 0 radical (unpaired) electrons. The van der Waals surface area contributed by atoms with Crippen LogP contribution in [0.2, 0.25) is 0 Å². The van der Waals surface area contributed by atoms with Crippen LogP contribution >= 0.6 is 0 Å². The quantitative estimate of drug-likeness (QED) is 0.284. The second-order valence-corrected chi connectivity index (χ2v) is 8.51. The highest BCUT2D eigenvalue weighted by Crippen LogP contribution is 2.24. The van der Waals surface area contributed by atoms with Crippen LogP contribution in [-0.4, -0.2) is 75.7 Å². The number of aryl methyl sites for hydroxylation is 1. The molecular weight excluding hydrogens is 516 g/mol. The Morgan fingerprint density at radius 3 is 2.18 bits per heavy atom. The molecule has 1 aliphatic heterocycles. The molecular formula is C25H28N4O10-4. The van der Waals surface area contributed by atoms with Crippen LogP contribution in [0.4, 0.5) is 5.95 Å². The van der Waals surface area contributed by atoms with Crippen LogP contribution in [0.3, 0.4) is 0 Å². The third kappa shape index (κ3) is 10.1. The van der Waals surface area contributed by atoms with E-state index in [9.17, 15) is 5.11 Å².